The van der Waals surface area contributed by atoms with Gasteiger partial charge in [0.15, 0.2) is 17.3 Å². The highest BCUT2D eigenvalue weighted by molar-refractivity contribution is 6.50. The van der Waals surface area contributed by atoms with Crippen LogP contribution in [-0.2, 0) is 11.3 Å². The smallest absolute Gasteiger partial charge is 0.337 e. The number of benzene rings is 3. The number of nitrogens with zero attached hydrogens (tertiary/aromatic N) is 1. The van der Waals surface area contributed by atoms with E-state index in [1.165, 1.54) is 25.3 Å². The van der Waals surface area contributed by atoms with Gasteiger partial charge in [0.2, 0.25) is 0 Å². The Bertz CT molecular complexity index is 1430. The maximum absolute atomic E-state index is 12.5. The Morgan fingerprint density at radius 1 is 1.03 bits per heavy atom. The number of aromatic nitrogens is 2. The van der Waals surface area contributed by atoms with Gasteiger partial charge in [0, 0.05) is 0 Å². The van der Waals surface area contributed by atoms with Crippen molar-refractivity contribution in [2.75, 3.05) is 14.2 Å². The summed E-state index contributed by atoms with van der Waals surface area (Å²) >= 11 is 6.51. The van der Waals surface area contributed by atoms with Crippen LogP contribution in [0.5, 0.6) is 11.5 Å². The summed E-state index contributed by atoms with van der Waals surface area (Å²) in [4.78, 5) is 31.5. The lowest BCUT2D eigenvalue weighted by atomic mass is 10.1. The summed E-state index contributed by atoms with van der Waals surface area (Å²) in [5.41, 5.74) is 1.99. The molecule has 4 rings (SSSR count). The number of rotatable bonds is 7. The highest BCUT2D eigenvalue weighted by Crippen LogP contribution is 2.31. The van der Waals surface area contributed by atoms with Crippen LogP contribution in [0.2, 0.25) is 0 Å². The molecule has 3 aromatic carbocycles. The van der Waals surface area contributed by atoms with Gasteiger partial charge in [-0.15, -0.1) is 0 Å². The van der Waals surface area contributed by atoms with Crippen molar-refractivity contribution in [1.82, 2.24) is 9.97 Å². The van der Waals surface area contributed by atoms with E-state index in [9.17, 15) is 9.59 Å². The van der Waals surface area contributed by atoms with Crippen LogP contribution in [0.15, 0.2) is 71.5 Å². The van der Waals surface area contributed by atoms with Crippen molar-refractivity contribution in [3.63, 3.8) is 0 Å². The van der Waals surface area contributed by atoms with Crippen LogP contribution in [0, 0.1) is 0 Å². The molecule has 1 aromatic heterocycles. The molecule has 0 fully saturated rings. The molecule has 0 aliphatic rings. The topological polar surface area (TPSA) is 90.5 Å². The van der Waals surface area contributed by atoms with Gasteiger partial charge in [-0.05, 0) is 47.5 Å². The second-order valence-corrected chi connectivity index (χ2v) is 7.72. The third kappa shape index (κ3) is 5.10. The molecule has 0 atom stereocenters. The SMILES string of the molecule is COC(=O)c1ccc2c(=O)[nH]c(/C(Cl)=C/c3ccc(OC)c(OCc4ccccc4)c3)nc2c1. The highest BCUT2D eigenvalue weighted by atomic mass is 35.5. The number of hydrogen-bond acceptors (Lipinski definition) is 6. The van der Waals surface area contributed by atoms with Crippen LogP contribution in [0.1, 0.15) is 27.3 Å². The molecule has 0 unspecified atom stereocenters. The second kappa shape index (κ2) is 10.2. The minimum Gasteiger partial charge on any atom is -0.493 e. The van der Waals surface area contributed by atoms with E-state index in [0.717, 1.165) is 11.1 Å². The zero-order valence-corrected chi connectivity index (χ0v) is 19.3. The van der Waals surface area contributed by atoms with Crippen molar-refractivity contribution in [2.24, 2.45) is 0 Å². The van der Waals surface area contributed by atoms with Crippen LogP contribution < -0.4 is 15.0 Å². The lowest BCUT2D eigenvalue weighted by molar-refractivity contribution is 0.0601. The number of aromatic amines is 1. The predicted molar refractivity (Wildman–Crippen MR) is 131 cm³/mol. The quantitative estimate of drug-likeness (QED) is 0.376. The third-order valence-electron chi connectivity index (χ3n) is 5.07. The van der Waals surface area contributed by atoms with Gasteiger partial charge in [-0.2, -0.15) is 0 Å². The summed E-state index contributed by atoms with van der Waals surface area (Å²) < 4.78 is 16.1. The molecule has 0 amide bonds. The van der Waals surface area contributed by atoms with E-state index in [-0.39, 0.29) is 22.0 Å². The molecule has 7 nitrogen and oxygen atoms in total. The normalized spacial score (nSPS) is 11.3. The van der Waals surface area contributed by atoms with E-state index < -0.39 is 5.97 Å². The van der Waals surface area contributed by atoms with Crippen LogP contribution >= 0.6 is 11.6 Å². The van der Waals surface area contributed by atoms with Crippen molar-refractivity contribution in [3.8, 4) is 11.5 Å². The first-order valence-electron chi connectivity index (χ1n) is 10.3. The van der Waals surface area contributed by atoms with Gasteiger partial charge >= 0.3 is 5.97 Å². The molecule has 1 N–H and O–H groups in total. The van der Waals surface area contributed by atoms with Crippen molar-refractivity contribution in [1.29, 1.82) is 0 Å². The Kier molecular flexibility index (Phi) is 6.94. The number of carbonyl (C=O) groups is 1. The van der Waals surface area contributed by atoms with Gasteiger partial charge in [0.05, 0.1) is 35.7 Å². The molecule has 0 radical (unpaired) electrons. The van der Waals surface area contributed by atoms with Crippen LogP contribution in [-0.4, -0.2) is 30.2 Å². The first-order valence-corrected chi connectivity index (χ1v) is 10.7. The fraction of sp³-hybridized carbons (Fsp3) is 0.115. The molecule has 0 spiro atoms. The van der Waals surface area contributed by atoms with Crippen LogP contribution in [0.3, 0.4) is 0 Å². The fourth-order valence-electron chi connectivity index (χ4n) is 3.34. The lowest BCUT2D eigenvalue weighted by Crippen LogP contribution is -2.11. The Morgan fingerprint density at radius 2 is 1.82 bits per heavy atom. The predicted octanol–water partition coefficient (Wildman–Crippen LogP) is 5.03. The standard InChI is InChI=1S/C26H21ClN2O5/c1-32-22-11-8-17(13-23(22)34-15-16-6-4-3-5-7-16)12-20(27)24-28-21-14-18(26(31)33-2)9-10-19(21)25(30)29-24/h3-14H,15H2,1-2H3,(H,28,29,30)/b20-12-. The number of halogens is 1. The van der Waals surface area contributed by atoms with Gasteiger partial charge in [-0.25, -0.2) is 9.78 Å². The Hall–Kier alpha value is -4.10. The summed E-state index contributed by atoms with van der Waals surface area (Å²) in [6.07, 6.45) is 1.66. The number of hydrogen-bond donors (Lipinski definition) is 1. The first kappa shape index (κ1) is 23.1. The largest absolute Gasteiger partial charge is 0.493 e. The molecule has 0 aliphatic heterocycles. The lowest BCUT2D eigenvalue weighted by Gasteiger charge is -2.12. The van der Waals surface area contributed by atoms with Crippen molar-refractivity contribution < 1.29 is 19.0 Å². The highest BCUT2D eigenvalue weighted by Gasteiger charge is 2.12. The molecule has 34 heavy (non-hydrogen) atoms. The maximum atomic E-state index is 12.5. The Balaban J connectivity index is 1.65. The minimum atomic E-state index is -0.520. The van der Waals surface area contributed by atoms with Crippen molar-refractivity contribution >= 4 is 39.6 Å². The van der Waals surface area contributed by atoms with E-state index in [1.54, 1.807) is 25.3 Å². The van der Waals surface area contributed by atoms with Gasteiger partial charge < -0.3 is 19.2 Å². The second-order valence-electron chi connectivity index (χ2n) is 7.31. The number of nitrogens with one attached hydrogen (secondary N) is 1. The van der Waals surface area contributed by atoms with Crippen molar-refractivity contribution in [3.05, 3.63) is 99.6 Å². The van der Waals surface area contributed by atoms with Crippen LogP contribution in [0.25, 0.3) is 22.0 Å². The van der Waals surface area contributed by atoms with Gasteiger partial charge in [-0.3, -0.25) is 4.79 Å². The van der Waals surface area contributed by atoms with Gasteiger partial charge in [0.1, 0.15) is 6.61 Å². The molecule has 0 saturated carbocycles. The van der Waals surface area contributed by atoms with Gasteiger partial charge in [0.25, 0.3) is 5.56 Å². The van der Waals surface area contributed by atoms with E-state index in [0.29, 0.717) is 29.0 Å². The molecule has 0 bridgehead atoms. The average molecular weight is 477 g/mol. The first-order chi connectivity index (χ1) is 16.5. The molecule has 4 aromatic rings. The number of ether oxygens (including phenoxy) is 3. The molecule has 8 heteroatoms. The molecule has 172 valence electrons. The van der Waals surface area contributed by atoms with E-state index in [1.807, 2.05) is 36.4 Å². The third-order valence-corrected chi connectivity index (χ3v) is 5.36. The molecular formula is C26H21ClN2O5. The van der Waals surface area contributed by atoms with Gasteiger partial charge in [-0.1, -0.05) is 48.0 Å². The number of fused-ring (bicyclic) bond motifs is 1. The summed E-state index contributed by atoms with van der Waals surface area (Å²) in [7, 11) is 2.86. The monoisotopic (exact) mass is 476 g/mol. The van der Waals surface area contributed by atoms with E-state index in [2.05, 4.69) is 9.97 Å². The van der Waals surface area contributed by atoms with Crippen molar-refractivity contribution in [2.45, 2.75) is 6.61 Å². The van der Waals surface area contributed by atoms with E-state index in [4.69, 9.17) is 25.8 Å². The molecular weight excluding hydrogens is 456 g/mol. The maximum Gasteiger partial charge on any atom is 0.337 e. The minimum absolute atomic E-state index is 0.170. The zero-order valence-electron chi connectivity index (χ0n) is 18.5. The Morgan fingerprint density at radius 3 is 2.56 bits per heavy atom. The Labute approximate surface area is 200 Å². The number of methoxy groups -OCH3 is 2. The molecule has 1 heterocycles. The number of esters is 1. The van der Waals surface area contributed by atoms with Crippen LogP contribution in [0.4, 0.5) is 0 Å². The van der Waals surface area contributed by atoms with E-state index >= 15 is 0 Å². The average Bonchev–Trinajstić information content (AvgIpc) is 2.87. The number of carbonyl (C=O) groups excluding carboxylic acids is 1. The molecule has 0 aliphatic carbocycles. The summed E-state index contributed by atoms with van der Waals surface area (Å²) in [6, 6.07) is 19.7. The fourth-order valence-corrected chi connectivity index (χ4v) is 3.56. The summed E-state index contributed by atoms with van der Waals surface area (Å²) in [5, 5.41) is 0.545. The summed E-state index contributed by atoms with van der Waals surface area (Å²) in [5.74, 6) is 0.779. The number of H-pyrrole nitrogens is 1. The molecule has 0 saturated heterocycles. The summed E-state index contributed by atoms with van der Waals surface area (Å²) in [6.45, 7) is 0.375. The zero-order chi connectivity index (χ0) is 24.1.